The Bertz CT molecular complexity index is 764. The molecule has 0 heterocycles. The Kier molecular flexibility index (Phi) is 6.50. The van der Waals surface area contributed by atoms with Gasteiger partial charge in [-0.25, -0.2) is 0 Å². The fourth-order valence-corrected chi connectivity index (χ4v) is 2.59. The Morgan fingerprint density at radius 3 is 2.42 bits per heavy atom. The second-order valence-corrected chi connectivity index (χ2v) is 6.17. The van der Waals surface area contributed by atoms with E-state index >= 15 is 0 Å². The topological polar surface area (TPSA) is 41.6 Å². The van der Waals surface area contributed by atoms with Gasteiger partial charge in [0.2, 0.25) is 5.91 Å². The number of amides is 1. The van der Waals surface area contributed by atoms with Gasteiger partial charge in [0, 0.05) is 12.2 Å². The maximum absolute atomic E-state index is 12.9. The minimum atomic E-state index is -4.58. The van der Waals surface area contributed by atoms with Crippen LogP contribution in [0.2, 0.25) is 5.02 Å². The van der Waals surface area contributed by atoms with Crippen LogP contribution in [-0.4, -0.2) is 31.5 Å². The molecule has 2 aromatic rings. The van der Waals surface area contributed by atoms with Gasteiger partial charge in [-0.05, 0) is 42.9 Å². The fraction of sp³-hybridized carbons (Fsp3) is 0.278. The third kappa shape index (κ3) is 5.64. The largest absolute Gasteiger partial charge is 0.497 e. The smallest absolute Gasteiger partial charge is 0.417 e. The first-order chi connectivity index (χ1) is 12.2. The summed E-state index contributed by atoms with van der Waals surface area (Å²) in [4.78, 5) is 13.8. The number of benzene rings is 2. The number of methoxy groups -OCH3 is 1. The van der Waals surface area contributed by atoms with Crippen LogP contribution in [0, 0.1) is 0 Å². The van der Waals surface area contributed by atoms with Crippen LogP contribution in [0.1, 0.15) is 11.1 Å². The van der Waals surface area contributed by atoms with Gasteiger partial charge in [-0.15, -0.1) is 0 Å². The van der Waals surface area contributed by atoms with Crippen molar-refractivity contribution in [2.75, 3.05) is 26.0 Å². The Labute approximate surface area is 154 Å². The van der Waals surface area contributed by atoms with Crippen molar-refractivity contribution in [3.8, 4) is 5.75 Å². The number of hydrogen-bond donors (Lipinski definition) is 1. The lowest BCUT2D eigenvalue weighted by molar-refractivity contribution is -0.137. The third-order valence-corrected chi connectivity index (χ3v) is 3.91. The molecule has 0 saturated carbocycles. The standard InChI is InChI=1S/C18H18ClF3N2O2/c1-24(10-12-3-6-14(26-2)7-4-12)11-17(25)23-13-5-8-16(19)15(9-13)18(20,21)22/h3-9H,10-11H2,1-2H3,(H,23,25). The molecule has 0 aliphatic heterocycles. The van der Waals surface area contributed by atoms with Crippen molar-refractivity contribution in [1.82, 2.24) is 4.90 Å². The van der Waals surface area contributed by atoms with Gasteiger partial charge in [0.1, 0.15) is 5.75 Å². The minimum Gasteiger partial charge on any atom is -0.497 e. The first-order valence-corrected chi connectivity index (χ1v) is 8.05. The summed E-state index contributed by atoms with van der Waals surface area (Å²) in [5.74, 6) is 0.314. The molecule has 4 nitrogen and oxygen atoms in total. The first-order valence-electron chi connectivity index (χ1n) is 7.67. The summed E-state index contributed by atoms with van der Waals surface area (Å²) < 4.78 is 43.7. The number of alkyl halides is 3. The molecule has 0 aliphatic carbocycles. The molecule has 0 unspecified atom stereocenters. The minimum absolute atomic E-state index is 0.0238. The van der Waals surface area contributed by atoms with E-state index in [1.165, 1.54) is 6.07 Å². The predicted octanol–water partition coefficient (Wildman–Crippen LogP) is 4.44. The van der Waals surface area contributed by atoms with Crippen molar-refractivity contribution in [3.63, 3.8) is 0 Å². The lowest BCUT2D eigenvalue weighted by Gasteiger charge is -2.17. The lowest BCUT2D eigenvalue weighted by atomic mass is 10.2. The SMILES string of the molecule is COc1ccc(CN(C)CC(=O)Nc2ccc(Cl)c(C(F)(F)F)c2)cc1. The van der Waals surface area contributed by atoms with E-state index in [1.807, 2.05) is 24.3 Å². The molecule has 26 heavy (non-hydrogen) atoms. The predicted molar refractivity (Wildman–Crippen MR) is 94.4 cm³/mol. The Morgan fingerprint density at radius 1 is 1.19 bits per heavy atom. The number of hydrogen-bond acceptors (Lipinski definition) is 3. The zero-order chi connectivity index (χ0) is 19.3. The average Bonchev–Trinajstić information content (AvgIpc) is 2.56. The van der Waals surface area contributed by atoms with Crippen LogP contribution in [-0.2, 0) is 17.5 Å². The first kappa shape index (κ1) is 20.1. The van der Waals surface area contributed by atoms with Gasteiger partial charge in [0.15, 0.2) is 0 Å². The molecule has 1 amide bonds. The summed E-state index contributed by atoms with van der Waals surface area (Å²) in [6.07, 6.45) is -4.58. The zero-order valence-electron chi connectivity index (χ0n) is 14.2. The maximum atomic E-state index is 12.9. The highest BCUT2D eigenvalue weighted by atomic mass is 35.5. The molecule has 0 atom stereocenters. The molecule has 140 valence electrons. The van der Waals surface area contributed by atoms with E-state index in [4.69, 9.17) is 16.3 Å². The van der Waals surface area contributed by atoms with E-state index in [1.54, 1.807) is 19.1 Å². The van der Waals surface area contributed by atoms with E-state index in [9.17, 15) is 18.0 Å². The van der Waals surface area contributed by atoms with E-state index in [-0.39, 0.29) is 12.2 Å². The number of likely N-dealkylation sites (N-methyl/N-ethyl adjacent to an activating group) is 1. The Hall–Kier alpha value is -2.25. The van der Waals surface area contributed by atoms with Crippen LogP contribution < -0.4 is 10.1 Å². The molecular formula is C18H18ClF3N2O2. The van der Waals surface area contributed by atoms with E-state index < -0.39 is 22.7 Å². The number of carbonyl (C=O) groups excluding carboxylic acids is 1. The summed E-state index contributed by atoms with van der Waals surface area (Å²) in [5.41, 5.74) is 0.0417. The molecule has 0 aromatic heterocycles. The van der Waals surface area contributed by atoms with Crippen molar-refractivity contribution >= 4 is 23.2 Å². The monoisotopic (exact) mass is 386 g/mol. The van der Waals surface area contributed by atoms with Crippen molar-refractivity contribution < 1.29 is 22.7 Å². The van der Waals surface area contributed by atoms with Gasteiger partial charge in [-0.2, -0.15) is 13.2 Å². The number of ether oxygens (including phenoxy) is 1. The summed E-state index contributed by atoms with van der Waals surface area (Å²) in [7, 11) is 3.32. The summed E-state index contributed by atoms with van der Waals surface area (Å²) >= 11 is 5.56. The highest BCUT2D eigenvalue weighted by molar-refractivity contribution is 6.31. The quantitative estimate of drug-likeness (QED) is 0.798. The number of halogens is 4. The van der Waals surface area contributed by atoms with E-state index in [0.29, 0.717) is 6.54 Å². The van der Waals surface area contributed by atoms with Crippen molar-refractivity contribution in [3.05, 3.63) is 58.6 Å². The van der Waals surface area contributed by atoms with Gasteiger partial charge in [-0.3, -0.25) is 9.69 Å². The maximum Gasteiger partial charge on any atom is 0.417 e. The highest BCUT2D eigenvalue weighted by Crippen LogP contribution is 2.36. The van der Waals surface area contributed by atoms with Crippen molar-refractivity contribution in [1.29, 1.82) is 0 Å². The number of carbonyl (C=O) groups is 1. The number of rotatable bonds is 6. The molecule has 8 heteroatoms. The number of nitrogens with zero attached hydrogens (tertiary/aromatic N) is 1. The van der Waals surface area contributed by atoms with Gasteiger partial charge in [-0.1, -0.05) is 23.7 Å². The van der Waals surface area contributed by atoms with Crippen LogP contribution in [0.25, 0.3) is 0 Å². The van der Waals surface area contributed by atoms with Crippen LogP contribution >= 0.6 is 11.6 Å². The number of nitrogens with one attached hydrogen (secondary N) is 1. The molecule has 2 aromatic carbocycles. The molecule has 2 rings (SSSR count). The third-order valence-electron chi connectivity index (χ3n) is 3.58. The zero-order valence-corrected chi connectivity index (χ0v) is 15.0. The highest BCUT2D eigenvalue weighted by Gasteiger charge is 2.33. The van der Waals surface area contributed by atoms with Crippen LogP contribution in [0.4, 0.5) is 18.9 Å². The second kappa shape index (κ2) is 8.42. The molecular weight excluding hydrogens is 369 g/mol. The van der Waals surface area contributed by atoms with Gasteiger partial charge < -0.3 is 10.1 Å². The molecule has 0 radical (unpaired) electrons. The Balaban J connectivity index is 1.95. The summed E-state index contributed by atoms with van der Waals surface area (Å²) in [6.45, 7) is 0.530. The summed E-state index contributed by atoms with van der Waals surface area (Å²) in [5, 5.41) is 2.05. The molecule has 0 bridgehead atoms. The number of anilines is 1. The van der Waals surface area contributed by atoms with Crippen LogP contribution in [0.5, 0.6) is 5.75 Å². The summed E-state index contributed by atoms with van der Waals surface area (Å²) in [6, 6.07) is 10.7. The molecule has 0 saturated heterocycles. The van der Waals surface area contributed by atoms with E-state index in [2.05, 4.69) is 5.32 Å². The lowest BCUT2D eigenvalue weighted by Crippen LogP contribution is -2.29. The molecule has 0 aliphatic rings. The van der Waals surface area contributed by atoms with Gasteiger partial charge in [0.25, 0.3) is 0 Å². The van der Waals surface area contributed by atoms with Crippen LogP contribution in [0.3, 0.4) is 0 Å². The molecule has 0 spiro atoms. The average molecular weight is 387 g/mol. The van der Waals surface area contributed by atoms with Crippen LogP contribution in [0.15, 0.2) is 42.5 Å². The molecule has 1 N–H and O–H groups in total. The van der Waals surface area contributed by atoms with Crippen molar-refractivity contribution in [2.24, 2.45) is 0 Å². The van der Waals surface area contributed by atoms with E-state index in [0.717, 1.165) is 23.4 Å². The van der Waals surface area contributed by atoms with Gasteiger partial charge >= 0.3 is 6.18 Å². The fourth-order valence-electron chi connectivity index (χ4n) is 2.36. The molecule has 0 fully saturated rings. The normalized spacial score (nSPS) is 11.5. The Morgan fingerprint density at radius 2 is 1.85 bits per heavy atom. The van der Waals surface area contributed by atoms with Crippen molar-refractivity contribution in [2.45, 2.75) is 12.7 Å². The second-order valence-electron chi connectivity index (χ2n) is 5.76. The van der Waals surface area contributed by atoms with Gasteiger partial charge in [0.05, 0.1) is 24.2 Å².